The lowest BCUT2D eigenvalue weighted by Crippen LogP contribution is -2.14. The van der Waals surface area contributed by atoms with Gasteiger partial charge in [-0.3, -0.25) is 0 Å². The number of ether oxygens (including phenoxy) is 1. The molecule has 2 nitrogen and oxygen atoms in total. The minimum Gasteiger partial charge on any atom is -0.490 e. The zero-order valence-corrected chi connectivity index (χ0v) is 15.7. The van der Waals surface area contributed by atoms with Crippen molar-refractivity contribution in [3.63, 3.8) is 0 Å². The van der Waals surface area contributed by atoms with Gasteiger partial charge in [-0.25, -0.2) is 4.39 Å². The highest BCUT2D eigenvalue weighted by molar-refractivity contribution is 5.65. The van der Waals surface area contributed by atoms with Crippen molar-refractivity contribution in [2.45, 2.75) is 51.4 Å². The third-order valence-electron chi connectivity index (χ3n) is 5.46. The fourth-order valence-electron chi connectivity index (χ4n) is 3.72. The molecule has 27 heavy (non-hydrogen) atoms. The summed E-state index contributed by atoms with van der Waals surface area (Å²) in [4.78, 5) is 10.9. The second kappa shape index (κ2) is 9.12. The summed E-state index contributed by atoms with van der Waals surface area (Å²) in [6.07, 6.45) is 6.65. The molecule has 3 rings (SSSR count). The van der Waals surface area contributed by atoms with Gasteiger partial charge in [-0.05, 0) is 61.3 Å². The maximum absolute atomic E-state index is 14.5. The molecule has 0 atom stereocenters. The predicted molar refractivity (Wildman–Crippen MR) is 103 cm³/mol. The molecule has 1 fully saturated rings. The summed E-state index contributed by atoms with van der Waals surface area (Å²) in [6, 6.07) is 10.7. The standard InChI is InChI=1S/C23H26F2O2/c1-2-3-14-27-21-13-12-20(22(24)23(21)25)19-10-8-18(9-11-19)17-6-4-16(15-26)5-7-17/h8-13,15-17H,2-7,14H2,1H3. The number of halogens is 2. The molecule has 0 unspecified atom stereocenters. The largest absolute Gasteiger partial charge is 0.490 e. The molecule has 0 spiro atoms. The van der Waals surface area contributed by atoms with Crippen LogP contribution in [-0.4, -0.2) is 12.9 Å². The van der Waals surface area contributed by atoms with Crippen LogP contribution in [-0.2, 0) is 4.79 Å². The average Bonchev–Trinajstić information content (AvgIpc) is 2.72. The summed E-state index contributed by atoms with van der Waals surface area (Å²) >= 11 is 0. The van der Waals surface area contributed by atoms with Crippen LogP contribution < -0.4 is 4.74 Å². The van der Waals surface area contributed by atoms with E-state index in [1.807, 2.05) is 31.2 Å². The number of carbonyl (C=O) groups excluding carboxylic acids is 1. The number of benzene rings is 2. The Morgan fingerprint density at radius 1 is 1.00 bits per heavy atom. The number of unbranched alkanes of at least 4 members (excludes halogenated alkanes) is 1. The Morgan fingerprint density at radius 2 is 1.70 bits per heavy atom. The van der Waals surface area contributed by atoms with E-state index in [0.717, 1.165) is 44.8 Å². The predicted octanol–water partition coefficient (Wildman–Crippen LogP) is 6.28. The third kappa shape index (κ3) is 4.55. The normalized spacial score (nSPS) is 19.7. The van der Waals surface area contributed by atoms with Crippen LogP contribution in [0.2, 0.25) is 0 Å². The Balaban J connectivity index is 1.73. The van der Waals surface area contributed by atoms with Crippen LogP contribution in [0.5, 0.6) is 5.75 Å². The van der Waals surface area contributed by atoms with Gasteiger partial charge >= 0.3 is 0 Å². The van der Waals surface area contributed by atoms with E-state index in [1.165, 1.54) is 11.6 Å². The molecule has 1 aliphatic rings. The van der Waals surface area contributed by atoms with Crippen LogP contribution in [0.3, 0.4) is 0 Å². The molecular formula is C23H26F2O2. The van der Waals surface area contributed by atoms with Crippen molar-refractivity contribution in [2.75, 3.05) is 6.61 Å². The van der Waals surface area contributed by atoms with E-state index >= 15 is 0 Å². The maximum atomic E-state index is 14.5. The van der Waals surface area contributed by atoms with Crippen LogP contribution in [0, 0.1) is 17.6 Å². The lowest BCUT2D eigenvalue weighted by molar-refractivity contribution is -0.111. The first-order valence-corrected chi connectivity index (χ1v) is 9.80. The van der Waals surface area contributed by atoms with Gasteiger partial charge < -0.3 is 9.53 Å². The highest BCUT2D eigenvalue weighted by atomic mass is 19.2. The van der Waals surface area contributed by atoms with Gasteiger partial charge in [0.2, 0.25) is 5.82 Å². The van der Waals surface area contributed by atoms with Crippen LogP contribution in [0.25, 0.3) is 11.1 Å². The lowest BCUT2D eigenvalue weighted by atomic mass is 9.79. The molecule has 4 heteroatoms. The van der Waals surface area contributed by atoms with E-state index in [2.05, 4.69) is 0 Å². The molecule has 1 saturated carbocycles. The summed E-state index contributed by atoms with van der Waals surface area (Å²) < 4.78 is 34.1. The first-order chi connectivity index (χ1) is 13.1. The molecule has 2 aromatic rings. The third-order valence-corrected chi connectivity index (χ3v) is 5.46. The van der Waals surface area contributed by atoms with Gasteiger partial charge in [0, 0.05) is 11.5 Å². The molecule has 0 radical (unpaired) electrons. The lowest BCUT2D eigenvalue weighted by Gasteiger charge is -2.25. The molecule has 0 aromatic heterocycles. The number of hydrogen-bond donors (Lipinski definition) is 0. The van der Waals surface area contributed by atoms with E-state index in [0.29, 0.717) is 18.1 Å². The first kappa shape index (κ1) is 19.5. The van der Waals surface area contributed by atoms with E-state index in [4.69, 9.17) is 4.74 Å². The van der Waals surface area contributed by atoms with Crippen molar-refractivity contribution in [3.8, 4) is 16.9 Å². The Morgan fingerprint density at radius 3 is 2.33 bits per heavy atom. The molecule has 144 valence electrons. The Labute approximate surface area is 159 Å². The monoisotopic (exact) mass is 372 g/mol. The molecule has 2 aromatic carbocycles. The van der Waals surface area contributed by atoms with E-state index in [9.17, 15) is 13.6 Å². The number of rotatable bonds is 7. The van der Waals surface area contributed by atoms with Crippen molar-refractivity contribution >= 4 is 6.29 Å². The Kier molecular flexibility index (Phi) is 6.59. The Hall–Kier alpha value is -2.23. The molecule has 0 aliphatic heterocycles. The van der Waals surface area contributed by atoms with Crippen molar-refractivity contribution in [1.82, 2.24) is 0 Å². The van der Waals surface area contributed by atoms with Crippen molar-refractivity contribution < 1.29 is 18.3 Å². The number of carbonyl (C=O) groups is 1. The molecule has 0 heterocycles. The molecule has 0 N–H and O–H groups in total. The minimum atomic E-state index is -0.931. The molecule has 0 saturated heterocycles. The first-order valence-electron chi connectivity index (χ1n) is 9.80. The molecular weight excluding hydrogens is 346 g/mol. The number of aldehydes is 1. The van der Waals surface area contributed by atoms with Crippen LogP contribution >= 0.6 is 0 Å². The van der Waals surface area contributed by atoms with E-state index < -0.39 is 11.6 Å². The summed E-state index contributed by atoms with van der Waals surface area (Å²) in [6.45, 7) is 2.40. The highest BCUT2D eigenvalue weighted by Crippen LogP contribution is 2.36. The van der Waals surface area contributed by atoms with Gasteiger partial charge in [0.15, 0.2) is 11.6 Å². The summed E-state index contributed by atoms with van der Waals surface area (Å²) in [5.74, 6) is -1.21. The minimum absolute atomic E-state index is 0.0340. The number of hydrogen-bond acceptors (Lipinski definition) is 2. The summed E-state index contributed by atoms with van der Waals surface area (Å²) in [5, 5.41) is 0. The van der Waals surface area contributed by atoms with E-state index in [1.54, 1.807) is 6.07 Å². The van der Waals surface area contributed by atoms with E-state index in [-0.39, 0.29) is 17.2 Å². The second-order valence-corrected chi connectivity index (χ2v) is 7.31. The average molecular weight is 372 g/mol. The molecule has 1 aliphatic carbocycles. The zero-order chi connectivity index (χ0) is 19.2. The van der Waals surface area contributed by atoms with Gasteiger partial charge in [0.25, 0.3) is 0 Å². The molecule has 0 amide bonds. The van der Waals surface area contributed by atoms with Gasteiger partial charge in [-0.1, -0.05) is 37.6 Å². The SMILES string of the molecule is CCCCOc1ccc(-c2ccc(C3CCC(C=O)CC3)cc2)c(F)c1F. The smallest absolute Gasteiger partial charge is 0.201 e. The van der Waals surface area contributed by atoms with Gasteiger partial charge in [-0.2, -0.15) is 4.39 Å². The molecule has 0 bridgehead atoms. The van der Waals surface area contributed by atoms with Crippen molar-refractivity contribution in [1.29, 1.82) is 0 Å². The van der Waals surface area contributed by atoms with Crippen molar-refractivity contribution in [2.24, 2.45) is 5.92 Å². The van der Waals surface area contributed by atoms with Crippen LogP contribution in [0.15, 0.2) is 36.4 Å². The highest BCUT2D eigenvalue weighted by Gasteiger charge is 2.22. The van der Waals surface area contributed by atoms with Gasteiger partial charge in [0.05, 0.1) is 6.61 Å². The topological polar surface area (TPSA) is 26.3 Å². The fraction of sp³-hybridized carbons (Fsp3) is 0.435. The van der Waals surface area contributed by atoms with Gasteiger partial charge in [-0.15, -0.1) is 0 Å². The van der Waals surface area contributed by atoms with Crippen LogP contribution in [0.4, 0.5) is 8.78 Å². The zero-order valence-electron chi connectivity index (χ0n) is 15.7. The summed E-state index contributed by atoms with van der Waals surface area (Å²) in [7, 11) is 0. The summed E-state index contributed by atoms with van der Waals surface area (Å²) in [5.41, 5.74) is 2.09. The fourth-order valence-corrected chi connectivity index (χ4v) is 3.72. The van der Waals surface area contributed by atoms with Gasteiger partial charge in [0.1, 0.15) is 6.29 Å². The maximum Gasteiger partial charge on any atom is 0.201 e. The Bertz CT molecular complexity index is 763. The second-order valence-electron chi connectivity index (χ2n) is 7.31. The quantitative estimate of drug-likeness (QED) is 0.422. The van der Waals surface area contributed by atoms with Crippen LogP contribution in [0.1, 0.15) is 56.9 Å². The van der Waals surface area contributed by atoms with Crippen molar-refractivity contribution in [3.05, 3.63) is 53.6 Å².